The van der Waals surface area contributed by atoms with Crippen molar-refractivity contribution in [1.82, 2.24) is 5.32 Å². The number of carbonyl (C=O) groups excluding carboxylic acids is 1. The number of nitro groups is 1. The lowest BCUT2D eigenvalue weighted by Crippen LogP contribution is -2.20. The lowest BCUT2D eigenvalue weighted by molar-refractivity contribution is -0.385. The van der Waals surface area contributed by atoms with Crippen LogP contribution in [0, 0.1) is 15.9 Å². The molecule has 6 heteroatoms. The molecular weight excluding hydrogens is 287 g/mol. The highest BCUT2D eigenvalue weighted by Gasteiger charge is 2.09. The standard InChI is InChI=1S/C16H13FN2O3/c17-14-8-5-12(6-9-14)11-18-16(20)10-7-13-3-1-2-4-15(13)19(21)22/h1-10H,11H2,(H,18,20)/b10-7+. The van der Waals surface area contributed by atoms with Gasteiger partial charge in [-0.2, -0.15) is 0 Å². The third-order valence-corrected chi connectivity index (χ3v) is 2.93. The van der Waals surface area contributed by atoms with E-state index < -0.39 is 4.92 Å². The van der Waals surface area contributed by atoms with Crippen LogP contribution in [0.2, 0.25) is 0 Å². The zero-order valence-electron chi connectivity index (χ0n) is 11.5. The molecular formula is C16H13FN2O3. The van der Waals surface area contributed by atoms with Crippen LogP contribution in [0.25, 0.3) is 6.08 Å². The van der Waals surface area contributed by atoms with Crippen LogP contribution in [-0.2, 0) is 11.3 Å². The van der Waals surface area contributed by atoms with E-state index in [0.717, 1.165) is 5.56 Å². The molecule has 0 aliphatic rings. The molecule has 0 spiro atoms. The highest BCUT2D eigenvalue weighted by Crippen LogP contribution is 2.18. The number of para-hydroxylation sites is 1. The van der Waals surface area contributed by atoms with Crippen LogP contribution >= 0.6 is 0 Å². The first-order chi connectivity index (χ1) is 10.6. The zero-order valence-corrected chi connectivity index (χ0v) is 11.5. The molecule has 2 rings (SSSR count). The summed E-state index contributed by atoms with van der Waals surface area (Å²) in [7, 11) is 0. The van der Waals surface area contributed by atoms with Gasteiger partial charge in [0, 0.05) is 18.7 Å². The van der Waals surface area contributed by atoms with E-state index in [0.29, 0.717) is 5.56 Å². The van der Waals surface area contributed by atoms with Crippen molar-refractivity contribution in [2.75, 3.05) is 0 Å². The Morgan fingerprint density at radius 2 is 1.86 bits per heavy atom. The predicted octanol–water partition coefficient (Wildman–Crippen LogP) is 3.06. The van der Waals surface area contributed by atoms with Crippen molar-refractivity contribution in [3.05, 3.63) is 81.7 Å². The maximum atomic E-state index is 12.7. The first kappa shape index (κ1) is 15.4. The summed E-state index contributed by atoms with van der Waals surface area (Å²) in [6, 6.07) is 11.9. The third kappa shape index (κ3) is 4.24. The van der Waals surface area contributed by atoms with Crippen molar-refractivity contribution in [2.24, 2.45) is 0 Å². The van der Waals surface area contributed by atoms with E-state index in [4.69, 9.17) is 0 Å². The fraction of sp³-hybridized carbons (Fsp3) is 0.0625. The average Bonchev–Trinajstić information content (AvgIpc) is 2.52. The minimum Gasteiger partial charge on any atom is -0.348 e. The van der Waals surface area contributed by atoms with Gasteiger partial charge in [-0.25, -0.2) is 4.39 Å². The Hall–Kier alpha value is -3.02. The van der Waals surface area contributed by atoms with Crippen LogP contribution in [0.15, 0.2) is 54.6 Å². The summed E-state index contributed by atoms with van der Waals surface area (Å²) in [5.74, 6) is -0.728. The molecule has 0 aliphatic carbocycles. The van der Waals surface area contributed by atoms with Crippen molar-refractivity contribution in [3.8, 4) is 0 Å². The van der Waals surface area contributed by atoms with E-state index in [2.05, 4.69) is 5.32 Å². The molecule has 0 radical (unpaired) electrons. The summed E-state index contributed by atoms with van der Waals surface area (Å²) in [4.78, 5) is 22.0. The van der Waals surface area contributed by atoms with Gasteiger partial charge in [0.2, 0.25) is 5.91 Å². The number of halogens is 1. The second-order valence-corrected chi connectivity index (χ2v) is 4.49. The Morgan fingerprint density at radius 1 is 1.18 bits per heavy atom. The van der Waals surface area contributed by atoms with E-state index >= 15 is 0 Å². The summed E-state index contributed by atoms with van der Waals surface area (Å²) in [6.07, 6.45) is 2.62. The molecule has 2 aromatic carbocycles. The number of benzene rings is 2. The number of nitro benzene ring substituents is 1. The average molecular weight is 300 g/mol. The molecule has 22 heavy (non-hydrogen) atoms. The van der Waals surface area contributed by atoms with E-state index in [-0.39, 0.29) is 24.0 Å². The minimum absolute atomic E-state index is 0.0647. The fourth-order valence-corrected chi connectivity index (χ4v) is 1.81. The number of nitrogens with zero attached hydrogens (tertiary/aromatic N) is 1. The highest BCUT2D eigenvalue weighted by molar-refractivity contribution is 5.92. The molecule has 0 bridgehead atoms. The molecule has 5 nitrogen and oxygen atoms in total. The van der Waals surface area contributed by atoms with Gasteiger partial charge < -0.3 is 5.32 Å². The molecule has 2 aromatic rings. The van der Waals surface area contributed by atoms with E-state index in [1.807, 2.05) is 0 Å². The van der Waals surface area contributed by atoms with Crippen LogP contribution in [0.4, 0.5) is 10.1 Å². The van der Waals surface area contributed by atoms with Gasteiger partial charge in [0.25, 0.3) is 5.69 Å². The van der Waals surface area contributed by atoms with Gasteiger partial charge in [-0.3, -0.25) is 14.9 Å². The van der Waals surface area contributed by atoms with Gasteiger partial charge >= 0.3 is 0 Å². The quantitative estimate of drug-likeness (QED) is 0.524. The number of nitrogens with one attached hydrogen (secondary N) is 1. The number of amides is 1. The Morgan fingerprint density at radius 3 is 2.55 bits per heavy atom. The molecule has 0 aromatic heterocycles. The fourth-order valence-electron chi connectivity index (χ4n) is 1.81. The Kier molecular flexibility index (Phi) is 4.98. The van der Waals surface area contributed by atoms with Crippen LogP contribution in [0.5, 0.6) is 0 Å². The molecule has 0 saturated heterocycles. The molecule has 0 saturated carbocycles. The third-order valence-electron chi connectivity index (χ3n) is 2.93. The van der Waals surface area contributed by atoms with Crippen molar-refractivity contribution in [2.45, 2.75) is 6.54 Å². The summed E-state index contributed by atoms with van der Waals surface area (Å²) < 4.78 is 12.7. The largest absolute Gasteiger partial charge is 0.348 e. The second-order valence-electron chi connectivity index (χ2n) is 4.49. The van der Waals surface area contributed by atoms with Gasteiger partial charge in [-0.05, 0) is 29.8 Å². The van der Waals surface area contributed by atoms with Crippen LogP contribution < -0.4 is 5.32 Å². The van der Waals surface area contributed by atoms with Gasteiger partial charge in [0.05, 0.1) is 10.5 Å². The summed E-state index contributed by atoms with van der Waals surface area (Å²) in [6.45, 7) is 0.250. The monoisotopic (exact) mass is 300 g/mol. The molecule has 0 aliphatic heterocycles. The van der Waals surface area contributed by atoms with Crippen molar-refractivity contribution < 1.29 is 14.1 Å². The highest BCUT2D eigenvalue weighted by atomic mass is 19.1. The van der Waals surface area contributed by atoms with Crippen molar-refractivity contribution >= 4 is 17.7 Å². The molecule has 0 fully saturated rings. The first-order valence-corrected chi connectivity index (χ1v) is 6.50. The van der Waals surface area contributed by atoms with Crippen LogP contribution in [0.3, 0.4) is 0 Å². The van der Waals surface area contributed by atoms with Crippen LogP contribution in [0.1, 0.15) is 11.1 Å². The van der Waals surface area contributed by atoms with Crippen molar-refractivity contribution in [3.63, 3.8) is 0 Å². The Labute approximate surface area is 126 Å². The van der Waals surface area contributed by atoms with Crippen LogP contribution in [-0.4, -0.2) is 10.8 Å². The van der Waals surface area contributed by atoms with Gasteiger partial charge in [0.1, 0.15) is 5.82 Å². The normalized spacial score (nSPS) is 10.6. The number of carbonyl (C=O) groups is 1. The summed E-state index contributed by atoms with van der Waals surface area (Å²) >= 11 is 0. The minimum atomic E-state index is -0.504. The molecule has 1 amide bonds. The maximum Gasteiger partial charge on any atom is 0.276 e. The molecule has 0 atom stereocenters. The van der Waals surface area contributed by atoms with E-state index in [9.17, 15) is 19.3 Å². The molecule has 112 valence electrons. The summed E-state index contributed by atoms with van der Waals surface area (Å²) in [5.41, 5.74) is 1.04. The van der Waals surface area contributed by atoms with Crippen molar-refractivity contribution in [1.29, 1.82) is 0 Å². The van der Waals surface area contributed by atoms with E-state index in [1.165, 1.54) is 30.4 Å². The Bertz CT molecular complexity index is 712. The summed E-state index contributed by atoms with van der Waals surface area (Å²) in [5, 5.41) is 13.5. The Balaban J connectivity index is 1.97. The lowest BCUT2D eigenvalue weighted by atomic mass is 10.1. The number of hydrogen-bond acceptors (Lipinski definition) is 3. The predicted molar refractivity (Wildman–Crippen MR) is 80.4 cm³/mol. The van der Waals surface area contributed by atoms with Gasteiger partial charge in [0.15, 0.2) is 0 Å². The van der Waals surface area contributed by atoms with E-state index in [1.54, 1.807) is 30.3 Å². The molecule has 0 unspecified atom stereocenters. The number of hydrogen-bond donors (Lipinski definition) is 1. The first-order valence-electron chi connectivity index (χ1n) is 6.50. The lowest BCUT2D eigenvalue weighted by Gasteiger charge is -2.02. The smallest absolute Gasteiger partial charge is 0.276 e. The molecule has 0 heterocycles. The second kappa shape index (κ2) is 7.12. The van der Waals surface area contributed by atoms with Gasteiger partial charge in [-0.15, -0.1) is 0 Å². The SMILES string of the molecule is O=C(/C=C/c1ccccc1[N+](=O)[O-])NCc1ccc(F)cc1. The van der Waals surface area contributed by atoms with Gasteiger partial charge in [-0.1, -0.05) is 24.3 Å². The maximum absolute atomic E-state index is 12.7. The number of rotatable bonds is 5. The topological polar surface area (TPSA) is 72.2 Å². The molecule has 1 N–H and O–H groups in total. The zero-order chi connectivity index (χ0) is 15.9.